The molecule has 1 saturated heterocycles. The van der Waals surface area contributed by atoms with Crippen molar-refractivity contribution < 1.29 is 14.3 Å². The van der Waals surface area contributed by atoms with E-state index in [9.17, 15) is 9.59 Å². The number of aryl methyl sites for hydroxylation is 2. The zero-order chi connectivity index (χ0) is 23.2. The Morgan fingerprint density at radius 2 is 1.97 bits per heavy atom. The van der Waals surface area contributed by atoms with Crippen molar-refractivity contribution in [1.82, 2.24) is 15.2 Å². The number of carbonyl (C=O) groups excluding carboxylic acids is 2. The van der Waals surface area contributed by atoms with E-state index in [4.69, 9.17) is 4.74 Å². The molecular weight excluding hydrogens is 434 g/mol. The number of ether oxygens (including phenoxy) is 1. The molecule has 3 aromatic rings. The number of carbonyl (C=O) groups is 2. The monoisotopic (exact) mass is 465 g/mol. The van der Waals surface area contributed by atoms with Crippen LogP contribution >= 0.6 is 11.8 Å². The van der Waals surface area contributed by atoms with Gasteiger partial charge in [-0.05, 0) is 56.0 Å². The summed E-state index contributed by atoms with van der Waals surface area (Å²) in [5.41, 5.74) is 4.07. The fourth-order valence-corrected chi connectivity index (χ4v) is 4.93. The van der Waals surface area contributed by atoms with Crippen molar-refractivity contribution in [2.75, 3.05) is 25.4 Å². The molecule has 1 aromatic heterocycles. The van der Waals surface area contributed by atoms with E-state index in [1.54, 1.807) is 0 Å². The van der Waals surface area contributed by atoms with Crippen LogP contribution in [0.5, 0.6) is 0 Å². The van der Waals surface area contributed by atoms with Crippen molar-refractivity contribution in [3.05, 3.63) is 65.4 Å². The van der Waals surface area contributed by atoms with Crippen molar-refractivity contribution >= 4 is 34.5 Å². The van der Waals surface area contributed by atoms with Gasteiger partial charge in [0.15, 0.2) is 0 Å². The highest BCUT2D eigenvalue weighted by molar-refractivity contribution is 8.00. The number of aromatic nitrogens is 1. The number of thioether (sulfide) groups is 1. The van der Waals surface area contributed by atoms with Gasteiger partial charge in [-0.3, -0.25) is 9.59 Å². The van der Waals surface area contributed by atoms with E-state index in [2.05, 4.69) is 33.5 Å². The van der Waals surface area contributed by atoms with Crippen LogP contribution in [0.1, 0.15) is 34.3 Å². The van der Waals surface area contributed by atoms with Gasteiger partial charge >= 0.3 is 0 Å². The van der Waals surface area contributed by atoms with E-state index in [0.717, 1.165) is 40.8 Å². The average Bonchev–Trinajstić information content (AvgIpc) is 3.46. The van der Waals surface area contributed by atoms with Crippen molar-refractivity contribution in [1.29, 1.82) is 0 Å². The highest BCUT2D eigenvalue weighted by atomic mass is 32.2. The first kappa shape index (κ1) is 23.4. The van der Waals surface area contributed by atoms with E-state index in [1.807, 2.05) is 44.2 Å². The minimum Gasteiger partial charge on any atom is -0.376 e. The molecular formula is C26H31N3O3S. The zero-order valence-corrected chi connectivity index (χ0v) is 20.0. The third-order valence-electron chi connectivity index (χ3n) is 6.07. The minimum absolute atomic E-state index is 0.0213. The molecule has 7 heteroatoms. The summed E-state index contributed by atoms with van der Waals surface area (Å²) >= 11 is 1.54. The summed E-state index contributed by atoms with van der Waals surface area (Å²) in [4.78, 5) is 25.9. The average molecular weight is 466 g/mol. The summed E-state index contributed by atoms with van der Waals surface area (Å²) in [5, 5.41) is 7.12. The summed E-state index contributed by atoms with van der Waals surface area (Å²) < 4.78 is 7.71. The maximum Gasteiger partial charge on any atom is 0.251 e. The van der Waals surface area contributed by atoms with E-state index in [-0.39, 0.29) is 17.9 Å². The first-order valence-corrected chi connectivity index (χ1v) is 12.4. The summed E-state index contributed by atoms with van der Waals surface area (Å²) in [6.45, 7) is 6.61. The largest absolute Gasteiger partial charge is 0.376 e. The van der Waals surface area contributed by atoms with E-state index >= 15 is 0 Å². The Hall–Kier alpha value is -2.77. The smallest absolute Gasteiger partial charge is 0.251 e. The predicted octanol–water partition coefficient (Wildman–Crippen LogP) is 4.08. The highest BCUT2D eigenvalue weighted by Crippen LogP contribution is 2.29. The molecule has 0 aliphatic carbocycles. The van der Waals surface area contributed by atoms with Gasteiger partial charge in [0.25, 0.3) is 5.91 Å². The third-order valence-corrected chi connectivity index (χ3v) is 7.11. The lowest BCUT2D eigenvalue weighted by Crippen LogP contribution is -2.32. The summed E-state index contributed by atoms with van der Waals surface area (Å²) in [7, 11) is 0. The number of nitrogens with one attached hydrogen (secondary N) is 2. The fourth-order valence-electron chi connectivity index (χ4n) is 4.02. The predicted molar refractivity (Wildman–Crippen MR) is 133 cm³/mol. The first-order valence-electron chi connectivity index (χ1n) is 11.5. The quantitative estimate of drug-likeness (QED) is 0.467. The van der Waals surface area contributed by atoms with Gasteiger partial charge in [-0.25, -0.2) is 0 Å². The number of benzene rings is 2. The molecule has 2 heterocycles. The van der Waals surface area contributed by atoms with Crippen LogP contribution in [0.15, 0.2) is 53.6 Å². The van der Waals surface area contributed by atoms with Gasteiger partial charge in [-0.15, -0.1) is 11.8 Å². The topological polar surface area (TPSA) is 72.4 Å². The molecule has 0 radical (unpaired) electrons. The van der Waals surface area contributed by atoms with Crippen molar-refractivity contribution in [2.24, 2.45) is 0 Å². The molecule has 2 N–H and O–H groups in total. The second-order valence-corrected chi connectivity index (χ2v) is 9.50. The Bertz CT molecular complexity index is 1140. The van der Waals surface area contributed by atoms with E-state index in [0.29, 0.717) is 31.0 Å². The Kier molecular flexibility index (Phi) is 7.73. The maximum atomic E-state index is 12.5. The summed E-state index contributed by atoms with van der Waals surface area (Å²) in [6, 6.07) is 13.9. The minimum atomic E-state index is -0.0629. The van der Waals surface area contributed by atoms with Gasteiger partial charge in [0.05, 0.1) is 11.9 Å². The number of nitrogens with zero attached hydrogens (tertiary/aromatic N) is 1. The van der Waals surface area contributed by atoms with E-state index in [1.165, 1.54) is 17.3 Å². The standard InChI is InChI=1S/C26H31N3O3S/c1-18-9-10-20(14-19(18)2)26(31)27-11-12-29-16-24(22-7-3-4-8-23(22)29)33-17-25(30)28-15-21-6-5-13-32-21/h3-4,7-10,14,16,21H,5-6,11-13,15,17H2,1-2H3,(H,27,31)(H,28,30). The normalized spacial score (nSPS) is 15.6. The number of para-hydroxylation sites is 1. The Balaban J connectivity index is 1.33. The van der Waals surface area contributed by atoms with Crippen LogP contribution in [0.2, 0.25) is 0 Å². The Morgan fingerprint density at radius 3 is 2.76 bits per heavy atom. The molecule has 4 rings (SSSR count). The molecule has 1 atom stereocenters. The maximum absolute atomic E-state index is 12.5. The van der Waals surface area contributed by atoms with E-state index < -0.39 is 0 Å². The molecule has 2 aromatic carbocycles. The van der Waals surface area contributed by atoms with Gasteiger partial charge in [0.1, 0.15) is 0 Å². The molecule has 174 valence electrons. The van der Waals surface area contributed by atoms with Crippen LogP contribution < -0.4 is 10.6 Å². The number of amides is 2. The fraction of sp³-hybridized carbons (Fsp3) is 0.385. The second kappa shape index (κ2) is 10.9. The van der Waals surface area contributed by atoms with Crippen LogP contribution in [-0.4, -0.2) is 47.9 Å². The molecule has 33 heavy (non-hydrogen) atoms. The van der Waals surface area contributed by atoms with Crippen molar-refractivity contribution in [3.8, 4) is 0 Å². The van der Waals surface area contributed by atoms with Crippen LogP contribution in [0.3, 0.4) is 0 Å². The lowest BCUT2D eigenvalue weighted by molar-refractivity contribution is -0.119. The number of hydrogen-bond donors (Lipinski definition) is 2. The summed E-state index contributed by atoms with van der Waals surface area (Å²) in [5.74, 6) is 0.324. The van der Waals surface area contributed by atoms with Gasteiger partial charge in [-0.1, -0.05) is 24.3 Å². The van der Waals surface area contributed by atoms with Crippen molar-refractivity contribution in [3.63, 3.8) is 0 Å². The molecule has 0 saturated carbocycles. The molecule has 6 nitrogen and oxygen atoms in total. The SMILES string of the molecule is Cc1ccc(C(=O)NCCn2cc(SCC(=O)NCC3CCCO3)c3ccccc32)cc1C. The highest BCUT2D eigenvalue weighted by Gasteiger charge is 2.17. The van der Waals surface area contributed by atoms with Crippen LogP contribution in [0.4, 0.5) is 0 Å². The molecule has 1 aliphatic heterocycles. The second-order valence-electron chi connectivity index (χ2n) is 8.49. The number of rotatable bonds is 9. The van der Waals surface area contributed by atoms with Crippen molar-refractivity contribution in [2.45, 2.75) is 44.2 Å². The van der Waals surface area contributed by atoms with Crippen LogP contribution in [-0.2, 0) is 16.1 Å². The molecule has 1 aliphatic rings. The molecule has 0 bridgehead atoms. The van der Waals surface area contributed by atoms with Gasteiger partial charge in [0, 0.05) is 53.8 Å². The lowest BCUT2D eigenvalue weighted by atomic mass is 10.1. The molecule has 1 fully saturated rings. The first-order chi connectivity index (χ1) is 16.0. The van der Waals surface area contributed by atoms with Crippen LogP contribution in [0.25, 0.3) is 10.9 Å². The molecule has 1 unspecified atom stereocenters. The summed E-state index contributed by atoms with van der Waals surface area (Å²) in [6.07, 6.45) is 4.31. The lowest BCUT2D eigenvalue weighted by Gasteiger charge is -2.10. The zero-order valence-electron chi connectivity index (χ0n) is 19.2. The molecule has 2 amide bonds. The molecule has 0 spiro atoms. The third kappa shape index (κ3) is 5.97. The Labute approximate surface area is 199 Å². The van der Waals surface area contributed by atoms with Crippen LogP contribution in [0, 0.1) is 13.8 Å². The number of fused-ring (bicyclic) bond motifs is 1. The Morgan fingerprint density at radius 1 is 1.12 bits per heavy atom. The van der Waals surface area contributed by atoms with Gasteiger partial charge < -0.3 is 19.9 Å². The van der Waals surface area contributed by atoms with Gasteiger partial charge in [0.2, 0.25) is 5.91 Å². The number of hydrogen-bond acceptors (Lipinski definition) is 4. The van der Waals surface area contributed by atoms with Gasteiger partial charge in [-0.2, -0.15) is 0 Å².